The predicted octanol–water partition coefficient (Wildman–Crippen LogP) is -0.503. The monoisotopic (exact) mass is 306 g/mol. The number of hydrogen-bond donors (Lipinski definition) is 2. The van der Waals surface area contributed by atoms with Crippen LogP contribution >= 0.6 is 11.6 Å². The lowest BCUT2D eigenvalue weighted by atomic mass is 10.3. The number of nitrogen functional groups attached to an aromatic ring is 1. The van der Waals surface area contributed by atoms with Gasteiger partial charge in [0.05, 0.1) is 12.5 Å². The highest BCUT2D eigenvalue weighted by molar-refractivity contribution is 7.88. The Balaban J connectivity index is 2.13. The van der Waals surface area contributed by atoms with Gasteiger partial charge in [-0.1, -0.05) is 11.6 Å². The molecule has 0 amide bonds. The molecule has 1 aromatic rings. The topological polar surface area (TPSA) is 104 Å². The highest BCUT2D eigenvalue weighted by atomic mass is 35.5. The van der Waals surface area contributed by atoms with Crippen molar-refractivity contribution in [2.75, 3.05) is 42.8 Å². The lowest BCUT2D eigenvalue weighted by Crippen LogP contribution is -2.48. The second-order valence-electron chi connectivity index (χ2n) is 4.16. The number of sulfonamides is 1. The number of nitrogens with zero attached hydrogens (tertiary/aromatic N) is 4. The van der Waals surface area contributed by atoms with Crippen LogP contribution in [0.5, 0.6) is 0 Å². The van der Waals surface area contributed by atoms with Crippen molar-refractivity contribution < 1.29 is 8.42 Å². The molecule has 2 rings (SSSR count). The quantitative estimate of drug-likeness (QED) is 0.573. The molecular weight excluding hydrogens is 292 g/mol. The molecule has 0 aromatic carbocycles. The molecule has 0 atom stereocenters. The van der Waals surface area contributed by atoms with Crippen LogP contribution in [-0.2, 0) is 10.0 Å². The number of anilines is 2. The fraction of sp³-hybridized carbons (Fsp3) is 0.556. The molecule has 0 unspecified atom stereocenters. The van der Waals surface area contributed by atoms with E-state index in [2.05, 4.69) is 15.4 Å². The third-order valence-electron chi connectivity index (χ3n) is 2.86. The van der Waals surface area contributed by atoms with Crippen LogP contribution in [0, 0.1) is 0 Å². The largest absolute Gasteiger partial charge is 0.353 e. The van der Waals surface area contributed by atoms with Crippen molar-refractivity contribution in [3.63, 3.8) is 0 Å². The summed E-state index contributed by atoms with van der Waals surface area (Å²) in [4.78, 5) is 9.98. The summed E-state index contributed by atoms with van der Waals surface area (Å²) >= 11 is 6.05. The molecule has 1 aliphatic heterocycles. The van der Waals surface area contributed by atoms with Crippen molar-refractivity contribution in [3.05, 3.63) is 11.2 Å². The highest BCUT2D eigenvalue weighted by Crippen LogP contribution is 2.24. The molecule has 10 heteroatoms. The Hall–Kier alpha value is -1.16. The van der Waals surface area contributed by atoms with Crippen molar-refractivity contribution >= 4 is 33.4 Å². The van der Waals surface area contributed by atoms with Gasteiger partial charge in [0.15, 0.2) is 5.82 Å². The molecule has 1 aliphatic rings. The molecule has 0 aliphatic carbocycles. The van der Waals surface area contributed by atoms with Gasteiger partial charge in [-0.3, -0.25) is 5.43 Å². The van der Waals surface area contributed by atoms with Gasteiger partial charge in [-0.2, -0.15) is 9.29 Å². The smallest absolute Gasteiger partial charge is 0.239 e. The Morgan fingerprint density at radius 2 is 2.00 bits per heavy atom. The average molecular weight is 307 g/mol. The van der Waals surface area contributed by atoms with Crippen molar-refractivity contribution in [1.82, 2.24) is 14.3 Å². The van der Waals surface area contributed by atoms with E-state index < -0.39 is 10.0 Å². The van der Waals surface area contributed by atoms with Crippen molar-refractivity contribution in [2.24, 2.45) is 5.84 Å². The number of hydrazine groups is 1. The maximum absolute atomic E-state index is 11.4. The van der Waals surface area contributed by atoms with Gasteiger partial charge in [-0.15, -0.1) is 0 Å². The minimum Gasteiger partial charge on any atom is -0.353 e. The van der Waals surface area contributed by atoms with Gasteiger partial charge in [0.25, 0.3) is 0 Å². The standard InChI is InChI=1S/C9H15ClN6O2S/c1-19(17,18)16-4-2-15(3-5-16)8-7(10)6-12-9(13-8)14-11/h6H,2-5,11H2,1H3,(H,12,13,14). The first-order valence-corrected chi connectivity index (χ1v) is 7.83. The van der Waals surface area contributed by atoms with Crippen LogP contribution in [0.3, 0.4) is 0 Å². The molecule has 1 fully saturated rings. The number of halogens is 1. The maximum Gasteiger partial charge on any atom is 0.239 e. The Bertz CT molecular complexity index is 558. The van der Waals surface area contributed by atoms with Gasteiger partial charge in [0.1, 0.15) is 5.02 Å². The van der Waals surface area contributed by atoms with Crippen LogP contribution < -0.4 is 16.2 Å². The number of nitrogens with two attached hydrogens (primary N) is 1. The van der Waals surface area contributed by atoms with Crippen molar-refractivity contribution in [3.8, 4) is 0 Å². The maximum atomic E-state index is 11.4. The summed E-state index contributed by atoms with van der Waals surface area (Å²) < 4.78 is 24.3. The lowest BCUT2D eigenvalue weighted by molar-refractivity contribution is 0.387. The van der Waals surface area contributed by atoms with Crippen LogP contribution in [0.15, 0.2) is 6.20 Å². The summed E-state index contributed by atoms with van der Waals surface area (Å²) in [6, 6.07) is 0. The Morgan fingerprint density at radius 3 is 2.53 bits per heavy atom. The van der Waals surface area contributed by atoms with E-state index in [1.165, 1.54) is 16.8 Å². The van der Waals surface area contributed by atoms with E-state index in [-0.39, 0.29) is 5.95 Å². The summed E-state index contributed by atoms with van der Waals surface area (Å²) in [6.07, 6.45) is 2.67. The van der Waals surface area contributed by atoms with Crippen LogP contribution in [0.2, 0.25) is 5.02 Å². The SMILES string of the molecule is CS(=O)(=O)N1CCN(c2nc(NN)ncc2Cl)CC1. The van der Waals surface area contributed by atoms with Gasteiger partial charge in [0, 0.05) is 26.2 Å². The molecule has 1 aromatic heterocycles. The molecule has 1 saturated heterocycles. The first-order valence-electron chi connectivity index (χ1n) is 5.61. The molecule has 0 spiro atoms. The zero-order chi connectivity index (χ0) is 14.0. The minimum atomic E-state index is -3.15. The Morgan fingerprint density at radius 1 is 1.37 bits per heavy atom. The first-order chi connectivity index (χ1) is 8.91. The van der Waals surface area contributed by atoms with Crippen LogP contribution in [0.25, 0.3) is 0 Å². The van der Waals surface area contributed by atoms with E-state index >= 15 is 0 Å². The van der Waals surface area contributed by atoms with E-state index in [0.29, 0.717) is 37.0 Å². The highest BCUT2D eigenvalue weighted by Gasteiger charge is 2.25. The Labute approximate surface area is 116 Å². The summed E-state index contributed by atoms with van der Waals surface area (Å²) in [5.41, 5.74) is 2.35. The molecule has 3 N–H and O–H groups in total. The summed E-state index contributed by atoms with van der Waals surface area (Å²) in [7, 11) is -3.15. The number of piperazine rings is 1. The van der Waals surface area contributed by atoms with Crippen molar-refractivity contribution in [1.29, 1.82) is 0 Å². The summed E-state index contributed by atoms with van der Waals surface area (Å²) in [6.45, 7) is 1.86. The number of nitrogens with one attached hydrogen (secondary N) is 1. The van der Waals surface area contributed by atoms with Gasteiger partial charge >= 0.3 is 0 Å². The molecular formula is C9H15ClN6O2S. The molecule has 19 heavy (non-hydrogen) atoms. The molecule has 8 nitrogen and oxygen atoms in total. The molecule has 0 saturated carbocycles. The third-order valence-corrected chi connectivity index (χ3v) is 4.43. The molecule has 0 radical (unpaired) electrons. The second kappa shape index (κ2) is 5.45. The molecule has 2 heterocycles. The zero-order valence-corrected chi connectivity index (χ0v) is 11.9. The van der Waals surface area contributed by atoms with E-state index in [9.17, 15) is 8.42 Å². The third kappa shape index (κ3) is 3.24. The van der Waals surface area contributed by atoms with Crippen molar-refractivity contribution in [2.45, 2.75) is 0 Å². The number of aromatic nitrogens is 2. The Kier molecular flexibility index (Phi) is 4.09. The van der Waals surface area contributed by atoms with Crippen LogP contribution in [0.4, 0.5) is 11.8 Å². The van der Waals surface area contributed by atoms with Gasteiger partial charge < -0.3 is 4.90 Å². The first kappa shape index (κ1) is 14.3. The predicted molar refractivity (Wildman–Crippen MR) is 73.5 cm³/mol. The lowest BCUT2D eigenvalue weighted by Gasteiger charge is -2.34. The molecule has 106 valence electrons. The zero-order valence-electron chi connectivity index (χ0n) is 10.4. The van der Waals surface area contributed by atoms with Crippen LogP contribution in [0.1, 0.15) is 0 Å². The molecule has 0 bridgehead atoms. The van der Waals surface area contributed by atoms with E-state index in [0.717, 1.165) is 0 Å². The number of hydrogen-bond acceptors (Lipinski definition) is 7. The second-order valence-corrected chi connectivity index (χ2v) is 6.55. The minimum absolute atomic E-state index is 0.268. The fourth-order valence-corrected chi connectivity index (χ4v) is 2.92. The van der Waals surface area contributed by atoms with Crippen LogP contribution in [-0.4, -0.2) is 55.1 Å². The van der Waals surface area contributed by atoms with E-state index in [1.807, 2.05) is 4.90 Å². The van der Waals surface area contributed by atoms with Gasteiger partial charge in [-0.05, 0) is 0 Å². The fourth-order valence-electron chi connectivity index (χ4n) is 1.88. The van der Waals surface area contributed by atoms with Gasteiger partial charge in [-0.25, -0.2) is 19.2 Å². The average Bonchev–Trinajstić information content (AvgIpc) is 2.38. The number of rotatable bonds is 3. The van der Waals surface area contributed by atoms with Gasteiger partial charge in [0.2, 0.25) is 16.0 Å². The van der Waals surface area contributed by atoms with E-state index in [4.69, 9.17) is 17.4 Å². The van der Waals surface area contributed by atoms with E-state index in [1.54, 1.807) is 0 Å². The summed E-state index contributed by atoms with van der Waals surface area (Å²) in [5, 5.41) is 0.409. The normalized spacial score (nSPS) is 17.5. The summed E-state index contributed by atoms with van der Waals surface area (Å²) in [5.74, 6) is 6.08.